The van der Waals surface area contributed by atoms with Crippen LogP contribution in [0.1, 0.15) is 2.85 Å². The van der Waals surface area contributed by atoms with Crippen LogP contribution in [0, 0.1) is 0 Å². The minimum Gasteiger partial charge on any atom is 0 e. The van der Waals surface area contributed by atoms with Gasteiger partial charge in [-0.3, -0.25) is 0 Å². The van der Waals surface area contributed by atoms with Gasteiger partial charge in [-0.1, -0.05) is 0 Å². The number of rotatable bonds is 0. The van der Waals surface area contributed by atoms with Crippen LogP contribution in [0.5, 0.6) is 0 Å². The first-order valence-electron chi connectivity index (χ1n) is 0.129. The fourth-order valence-corrected chi connectivity index (χ4v) is 0. The van der Waals surface area contributed by atoms with Crippen LogP contribution in [0.25, 0.3) is 0 Å². The maximum absolute atomic E-state index is 7.88. The molecule has 0 radical (unpaired) electrons. The van der Waals surface area contributed by atoms with Gasteiger partial charge in [0.25, 0.3) is 0 Å². The van der Waals surface area contributed by atoms with Gasteiger partial charge in [0, 0.05) is 21.7 Å². The van der Waals surface area contributed by atoms with Crippen molar-refractivity contribution in [3.8, 4) is 0 Å². The SMILES string of the molecule is [H-].[H-].[Mg+2].[O]=[Ni].[Ti]. The summed E-state index contributed by atoms with van der Waals surface area (Å²) >= 11 is 2.62. The molecule has 0 aliphatic rings. The Morgan fingerprint density at radius 2 is 1.50 bits per heavy atom. The molecule has 0 rings (SSSR count). The molecule has 0 aliphatic heterocycles. The van der Waals surface area contributed by atoms with E-state index in [2.05, 4.69) is 15.4 Å². The Morgan fingerprint density at radius 1 is 1.50 bits per heavy atom. The van der Waals surface area contributed by atoms with E-state index < -0.39 is 0 Å². The van der Waals surface area contributed by atoms with E-state index in [0.717, 1.165) is 0 Å². The first-order valence-corrected chi connectivity index (χ1v) is 0.532. The van der Waals surface area contributed by atoms with Crippen molar-refractivity contribution in [2.45, 2.75) is 0 Å². The molecule has 24 valence electrons. The molecule has 0 atom stereocenters. The predicted octanol–water partition coefficient (Wildman–Crippen LogP) is -0.280. The van der Waals surface area contributed by atoms with Crippen molar-refractivity contribution in [2.24, 2.45) is 0 Å². The normalized spacial score (nSPS) is 1.50. The van der Waals surface area contributed by atoms with Crippen LogP contribution in [0.3, 0.4) is 0 Å². The Hall–Kier alpha value is 1.77. The van der Waals surface area contributed by atoms with Crippen LogP contribution in [-0.2, 0) is 41.0 Å². The first-order chi connectivity index (χ1) is 1.00. The van der Waals surface area contributed by atoms with E-state index >= 15 is 0 Å². The predicted molar refractivity (Wildman–Crippen MR) is 8.66 cm³/mol. The third-order valence-corrected chi connectivity index (χ3v) is 0. The van der Waals surface area contributed by atoms with Crippen LogP contribution < -0.4 is 0 Å². The van der Waals surface area contributed by atoms with Crippen molar-refractivity contribution in [3.63, 3.8) is 0 Å². The summed E-state index contributed by atoms with van der Waals surface area (Å²) in [5, 5.41) is 0. The first kappa shape index (κ1) is 17.1. The Balaban J connectivity index is -0.000000000833. The summed E-state index contributed by atoms with van der Waals surface area (Å²) in [7, 11) is 0. The molecule has 0 spiro atoms. The molecular formula is H2MgNiOTi. The molecule has 0 fully saturated rings. The Bertz CT molecular complexity index is 13.5. The number of hydrogen-bond acceptors (Lipinski definition) is 1. The van der Waals surface area contributed by atoms with Gasteiger partial charge in [0.2, 0.25) is 0 Å². The maximum atomic E-state index is 7.88. The Kier molecular flexibility index (Phi) is 92.4. The molecule has 0 heterocycles. The Morgan fingerprint density at radius 3 is 1.50 bits per heavy atom. The van der Waals surface area contributed by atoms with Gasteiger partial charge >= 0.3 is 42.3 Å². The van der Waals surface area contributed by atoms with Crippen molar-refractivity contribution in [1.29, 1.82) is 0 Å². The topological polar surface area (TPSA) is 17.1 Å². The monoisotopic (exact) mass is 148 g/mol. The average Bonchev–Trinajstić information content (AvgIpc) is 1.00. The van der Waals surface area contributed by atoms with Crippen LogP contribution in [-0.4, -0.2) is 23.1 Å². The summed E-state index contributed by atoms with van der Waals surface area (Å²) < 4.78 is 7.88. The molecule has 0 aromatic rings. The van der Waals surface area contributed by atoms with E-state index in [1.165, 1.54) is 0 Å². The Labute approximate surface area is 66.5 Å². The van der Waals surface area contributed by atoms with Crippen molar-refractivity contribution in [3.05, 3.63) is 0 Å². The molecule has 4 heavy (non-hydrogen) atoms. The third-order valence-electron chi connectivity index (χ3n) is 0. The summed E-state index contributed by atoms with van der Waals surface area (Å²) in [6.07, 6.45) is 0. The van der Waals surface area contributed by atoms with Crippen LogP contribution in [0.2, 0.25) is 0 Å². The van der Waals surface area contributed by atoms with Crippen molar-refractivity contribution in [1.82, 2.24) is 0 Å². The maximum Gasteiger partial charge on any atom is 0 e. The average molecular weight is 149 g/mol. The van der Waals surface area contributed by atoms with Crippen LogP contribution in [0.15, 0.2) is 0 Å². The second-order valence-corrected chi connectivity index (χ2v) is 0. The van der Waals surface area contributed by atoms with Crippen LogP contribution in [0.4, 0.5) is 0 Å². The minimum atomic E-state index is 0. The fourth-order valence-electron chi connectivity index (χ4n) is 0. The van der Waals surface area contributed by atoms with E-state index in [1.54, 1.807) is 0 Å². The summed E-state index contributed by atoms with van der Waals surface area (Å²) in [5.41, 5.74) is 0. The van der Waals surface area contributed by atoms with Crippen molar-refractivity contribution < 1.29 is 43.9 Å². The zero-order valence-electron chi connectivity index (χ0n) is 3.93. The summed E-state index contributed by atoms with van der Waals surface area (Å²) in [6.45, 7) is 0. The second kappa shape index (κ2) is 21.6. The molecule has 0 bridgehead atoms. The smallest absolute Gasteiger partial charge is 0 e. The molecule has 0 aliphatic carbocycles. The quantitative estimate of drug-likeness (QED) is 0.433. The zero-order chi connectivity index (χ0) is 2.00. The van der Waals surface area contributed by atoms with Crippen molar-refractivity contribution >= 4 is 23.1 Å². The van der Waals surface area contributed by atoms with Gasteiger partial charge in [0.15, 0.2) is 0 Å². The molecular weight excluding hydrogens is 147 g/mol. The van der Waals surface area contributed by atoms with Gasteiger partial charge in [0.05, 0.1) is 0 Å². The van der Waals surface area contributed by atoms with Gasteiger partial charge in [-0.2, -0.15) is 0 Å². The van der Waals surface area contributed by atoms with Gasteiger partial charge in [-0.05, 0) is 0 Å². The second-order valence-electron chi connectivity index (χ2n) is 0. The molecule has 0 N–H and O–H groups in total. The van der Waals surface area contributed by atoms with Crippen molar-refractivity contribution in [2.75, 3.05) is 0 Å². The standard InChI is InChI=1S/Mg.Ni.O.Ti.2H/q+2;;;;2*-1. The molecule has 0 saturated carbocycles. The van der Waals surface area contributed by atoms with E-state index in [9.17, 15) is 0 Å². The summed E-state index contributed by atoms with van der Waals surface area (Å²) in [6, 6.07) is 0. The van der Waals surface area contributed by atoms with E-state index in [1.807, 2.05) is 0 Å². The minimum absolute atomic E-state index is 0. The molecule has 0 unspecified atom stereocenters. The molecule has 0 aromatic heterocycles. The van der Waals surface area contributed by atoms with Gasteiger partial charge in [-0.15, -0.1) is 0 Å². The molecule has 1 nitrogen and oxygen atoms in total. The summed E-state index contributed by atoms with van der Waals surface area (Å²) in [4.78, 5) is 0. The molecule has 0 saturated heterocycles. The van der Waals surface area contributed by atoms with Crippen LogP contribution >= 0.6 is 0 Å². The van der Waals surface area contributed by atoms with Gasteiger partial charge in [-0.25, -0.2) is 0 Å². The van der Waals surface area contributed by atoms with Gasteiger partial charge < -0.3 is 2.85 Å². The summed E-state index contributed by atoms with van der Waals surface area (Å²) in [5.74, 6) is 0. The molecule has 0 aromatic carbocycles. The fraction of sp³-hybridized carbons (Fsp3) is 0. The molecule has 4 heteroatoms. The largest absolute Gasteiger partial charge is 0 e. The molecule has 0 amide bonds. The van der Waals surface area contributed by atoms with E-state index in [-0.39, 0.29) is 47.6 Å². The van der Waals surface area contributed by atoms with E-state index in [4.69, 9.17) is 3.90 Å². The third kappa shape index (κ3) is 9.23. The zero-order valence-corrected chi connectivity index (χ0v) is 5.89. The van der Waals surface area contributed by atoms with E-state index in [0.29, 0.717) is 0 Å². The number of hydrogen-bond donors (Lipinski definition) is 0. The van der Waals surface area contributed by atoms with Gasteiger partial charge in [0.1, 0.15) is 0 Å².